The highest BCUT2D eigenvalue weighted by atomic mass is 32.2. The number of thioether (sulfide) groups is 1. The van der Waals surface area contributed by atoms with Gasteiger partial charge in [0.05, 0.1) is 12.9 Å². The maximum absolute atomic E-state index is 11.3. The first-order valence-corrected chi connectivity index (χ1v) is 7.93. The standard InChI is InChI=1S/C15H19N3O2S/c1-3-4-10-18-14(12-8-6-5-7-9-12)16-17-15(18)21-11-13(19)20-2/h5-9H,3-4,10-11H2,1-2H3. The van der Waals surface area contributed by atoms with Gasteiger partial charge in [-0.3, -0.25) is 4.79 Å². The van der Waals surface area contributed by atoms with Crippen molar-refractivity contribution >= 4 is 17.7 Å². The molecular weight excluding hydrogens is 286 g/mol. The molecule has 0 aliphatic heterocycles. The average molecular weight is 305 g/mol. The van der Waals surface area contributed by atoms with Gasteiger partial charge in [-0.15, -0.1) is 10.2 Å². The quantitative estimate of drug-likeness (QED) is 0.581. The average Bonchev–Trinajstić information content (AvgIpc) is 2.94. The van der Waals surface area contributed by atoms with Crippen molar-refractivity contribution in [1.82, 2.24) is 14.8 Å². The smallest absolute Gasteiger partial charge is 0.316 e. The number of nitrogens with zero attached hydrogens (tertiary/aromatic N) is 3. The van der Waals surface area contributed by atoms with Crippen molar-refractivity contribution in [3.05, 3.63) is 30.3 Å². The lowest BCUT2D eigenvalue weighted by molar-refractivity contribution is -0.137. The van der Waals surface area contributed by atoms with E-state index in [1.165, 1.54) is 18.9 Å². The lowest BCUT2D eigenvalue weighted by atomic mass is 10.2. The second-order valence-corrected chi connectivity index (χ2v) is 5.48. The molecule has 6 heteroatoms. The van der Waals surface area contributed by atoms with Gasteiger partial charge in [0.25, 0.3) is 0 Å². The molecule has 0 aliphatic rings. The van der Waals surface area contributed by atoms with Crippen molar-refractivity contribution in [2.45, 2.75) is 31.5 Å². The topological polar surface area (TPSA) is 57.0 Å². The normalized spacial score (nSPS) is 10.6. The predicted octanol–water partition coefficient (Wildman–Crippen LogP) is 3.01. The van der Waals surface area contributed by atoms with Crippen LogP contribution in [0.25, 0.3) is 11.4 Å². The molecule has 112 valence electrons. The largest absolute Gasteiger partial charge is 0.468 e. The molecule has 0 atom stereocenters. The first-order chi connectivity index (χ1) is 10.3. The first kappa shape index (κ1) is 15.6. The summed E-state index contributed by atoms with van der Waals surface area (Å²) in [5.41, 5.74) is 1.03. The zero-order valence-electron chi connectivity index (χ0n) is 12.3. The predicted molar refractivity (Wildman–Crippen MR) is 83.1 cm³/mol. The second kappa shape index (κ2) is 7.83. The van der Waals surface area contributed by atoms with Gasteiger partial charge in [-0.25, -0.2) is 0 Å². The molecule has 5 nitrogen and oxygen atoms in total. The molecule has 2 aromatic rings. The van der Waals surface area contributed by atoms with Gasteiger partial charge in [-0.2, -0.15) is 0 Å². The number of carbonyl (C=O) groups is 1. The van der Waals surface area contributed by atoms with Gasteiger partial charge in [0.1, 0.15) is 0 Å². The van der Waals surface area contributed by atoms with E-state index in [1.54, 1.807) is 0 Å². The highest BCUT2D eigenvalue weighted by Crippen LogP contribution is 2.24. The summed E-state index contributed by atoms with van der Waals surface area (Å²) in [7, 11) is 1.39. The summed E-state index contributed by atoms with van der Waals surface area (Å²) in [6.07, 6.45) is 2.14. The summed E-state index contributed by atoms with van der Waals surface area (Å²) >= 11 is 1.36. The Kier molecular flexibility index (Phi) is 5.80. The number of esters is 1. The summed E-state index contributed by atoms with van der Waals surface area (Å²) in [6.45, 7) is 2.99. The molecular formula is C15H19N3O2S. The Labute approximate surface area is 128 Å². The highest BCUT2D eigenvalue weighted by Gasteiger charge is 2.15. The Morgan fingerprint density at radius 1 is 1.29 bits per heavy atom. The minimum atomic E-state index is -0.258. The maximum atomic E-state index is 11.3. The molecule has 1 aromatic heterocycles. The fourth-order valence-corrected chi connectivity index (χ4v) is 2.69. The van der Waals surface area contributed by atoms with E-state index in [1.807, 2.05) is 30.3 Å². The number of rotatable bonds is 7. The van der Waals surface area contributed by atoms with Gasteiger partial charge in [-0.05, 0) is 6.42 Å². The van der Waals surface area contributed by atoms with Crippen molar-refractivity contribution in [3.8, 4) is 11.4 Å². The summed E-state index contributed by atoms with van der Waals surface area (Å²) in [4.78, 5) is 11.3. The molecule has 2 rings (SSSR count). The Hall–Kier alpha value is -1.82. The van der Waals surface area contributed by atoms with E-state index in [-0.39, 0.29) is 11.7 Å². The Morgan fingerprint density at radius 3 is 2.71 bits per heavy atom. The van der Waals surface area contributed by atoms with Crippen LogP contribution in [0, 0.1) is 0 Å². The van der Waals surface area contributed by atoms with E-state index in [0.29, 0.717) is 0 Å². The van der Waals surface area contributed by atoms with Gasteiger partial charge < -0.3 is 9.30 Å². The van der Waals surface area contributed by atoms with Crippen LogP contribution in [0.1, 0.15) is 19.8 Å². The molecule has 0 bridgehead atoms. The lowest BCUT2D eigenvalue weighted by Gasteiger charge is -2.09. The van der Waals surface area contributed by atoms with Crippen LogP contribution >= 0.6 is 11.8 Å². The molecule has 0 fully saturated rings. The molecule has 0 spiro atoms. The highest BCUT2D eigenvalue weighted by molar-refractivity contribution is 7.99. The second-order valence-electron chi connectivity index (χ2n) is 4.54. The Morgan fingerprint density at radius 2 is 2.05 bits per heavy atom. The summed E-state index contributed by atoms with van der Waals surface area (Å²) in [5, 5.41) is 9.26. The number of methoxy groups -OCH3 is 1. The third-order valence-electron chi connectivity index (χ3n) is 3.03. The molecule has 21 heavy (non-hydrogen) atoms. The van der Waals surface area contributed by atoms with Crippen LogP contribution in [0.2, 0.25) is 0 Å². The molecule has 0 saturated heterocycles. The SMILES string of the molecule is CCCCn1c(SCC(=O)OC)nnc1-c1ccccc1. The Bertz CT molecular complexity index is 584. The van der Waals surface area contributed by atoms with Gasteiger partial charge in [0.2, 0.25) is 0 Å². The van der Waals surface area contributed by atoms with Gasteiger partial charge in [0.15, 0.2) is 11.0 Å². The van der Waals surface area contributed by atoms with E-state index in [9.17, 15) is 4.79 Å². The number of ether oxygens (including phenoxy) is 1. The minimum absolute atomic E-state index is 0.246. The van der Waals surface area contributed by atoms with Crippen LogP contribution < -0.4 is 0 Å². The van der Waals surface area contributed by atoms with Crippen molar-refractivity contribution in [3.63, 3.8) is 0 Å². The number of hydrogen-bond acceptors (Lipinski definition) is 5. The third kappa shape index (κ3) is 4.07. The number of carbonyl (C=O) groups excluding carboxylic acids is 1. The molecule has 0 saturated carbocycles. The summed E-state index contributed by atoms with van der Waals surface area (Å²) in [5.74, 6) is 0.831. The zero-order valence-corrected chi connectivity index (χ0v) is 13.1. The molecule has 0 aliphatic carbocycles. The van der Waals surface area contributed by atoms with E-state index < -0.39 is 0 Å². The number of unbranched alkanes of at least 4 members (excludes halogenated alkanes) is 1. The first-order valence-electron chi connectivity index (χ1n) is 6.94. The maximum Gasteiger partial charge on any atom is 0.316 e. The molecule has 1 aromatic carbocycles. The van der Waals surface area contributed by atoms with Gasteiger partial charge >= 0.3 is 5.97 Å². The van der Waals surface area contributed by atoms with Crippen molar-refractivity contribution in [2.24, 2.45) is 0 Å². The lowest BCUT2D eigenvalue weighted by Crippen LogP contribution is -2.06. The number of aromatic nitrogens is 3. The fourth-order valence-electron chi connectivity index (χ4n) is 1.90. The van der Waals surface area contributed by atoms with Crippen LogP contribution in [0.4, 0.5) is 0 Å². The Balaban J connectivity index is 2.24. The van der Waals surface area contributed by atoms with Crippen LogP contribution in [0.5, 0.6) is 0 Å². The monoisotopic (exact) mass is 305 g/mol. The molecule has 0 unspecified atom stereocenters. The van der Waals surface area contributed by atoms with E-state index in [2.05, 4.69) is 26.4 Å². The van der Waals surface area contributed by atoms with Crippen molar-refractivity contribution in [2.75, 3.05) is 12.9 Å². The van der Waals surface area contributed by atoms with Crippen LogP contribution in [0.15, 0.2) is 35.5 Å². The summed E-state index contributed by atoms with van der Waals surface area (Å²) in [6, 6.07) is 9.97. The van der Waals surface area contributed by atoms with E-state index >= 15 is 0 Å². The fraction of sp³-hybridized carbons (Fsp3) is 0.400. The van der Waals surface area contributed by atoms with E-state index in [4.69, 9.17) is 0 Å². The summed E-state index contributed by atoms with van der Waals surface area (Å²) < 4.78 is 6.74. The number of hydrogen-bond donors (Lipinski definition) is 0. The van der Waals surface area contributed by atoms with Crippen LogP contribution in [-0.4, -0.2) is 33.6 Å². The minimum Gasteiger partial charge on any atom is -0.468 e. The van der Waals surface area contributed by atoms with Gasteiger partial charge in [0, 0.05) is 12.1 Å². The van der Waals surface area contributed by atoms with Crippen molar-refractivity contribution in [1.29, 1.82) is 0 Å². The molecule has 0 amide bonds. The number of benzene rings is 1. The zero-order chi connectivity index (χ0) is 15.1. The van der Waals surface area contributed by atoms with E-state index in [0.717, 1.165) is 35.9 Å². The van der Waals surface area contributed by atoms with Crippen molar-refractivity contribution < 1.29 is 9.53 Å². The molecule has 0 N–H and O–H groups in total. The third-order valence-corrected chi connectivity index (χ3v) is 3.97. The molecule has 0 radical (unpaired) electrons. The van der Waals surface area contributed by atoms with Gasteiger partial charge in [-0.1, -0.05) is 55.4 Å². The molecule has 1 heterocycles. The van der Waals surface area contributed by atoms with Crippen LogP contribution in [-0.2, 0) is 16.1 Å². The van der Waals surface area contributed by atoms with Crippen LogP contribution in [0.3, 0.4) is 0 Å².